The minimum Gasteiger partial charge on any atom is -0.383 e. The molecule has 0 spiro atoms. The summed E-state index contributed by atoms with van der Waals surface area (Å²) < 4.78 is 17.3. The van der Waals surface area contributed by atoms with Crippen LogP contribution in [0.4, 0.5) is 0 Å². The third-order valence-corrected chi connectivity index (χ3v) is 4.29. The molecule has 2 unspecified atom stereocenters. The predicted octanol–water partition coefficient (Wildman–Crippen LogP) is 0.829. The quantitative estimate of drug-likeness (QED) is 0.798. The molecule has 0 saturated carbocycles. The second kappa shape index (κ2) is 5.49. The van der Waals surface area contributed by atoms with Gasteiger partial charge in [0.25, 0.3) is 0 Å². The molecule has 0 fully saturated rings. The first-order valence-electron chi connectivity index (χ1n) is 3.90. The molecule has 74 valence electrons. The molecule has 0 saturated heterocycles. The molecular weight excluding hydrogens is 206 g/mol. The topological polar surface area (TPSA) is 52.3 Å². The monoisotopic (exact) mass is 219 g/mol. The summed E-state index contributed by atoms with van der Waals surface area (Å²) in [6.07, 6.45) is 0. The van der Waals surface area contributed by atoms with Crippen molar-refractivity contribution in [3.8, 4) is 0 Å². The Labute approximate surface area is 84.4 Å². The molecule has 1 aromatic rings. The normalized spacial score (nSPS) is 15.5. The van der Waals surface area contributed by atoms with Crippen LogP contribution in [0.2, 0.25) is 0 Å². The van der Waals surface area contributed by atoms with Crippen molar-refractivity contribution >= 4 is 22.1 Å². The molecule has 1 rings (SSSR count). The van der Waals surface area contributed by atoms with E-state index in [0.717, 1.165) is 4.21 Å². The summed E-state index contributed by atoms with van der Waals surface area (Å²) >= 11 is 1.49. The van der Waals surface area contributed by atoms with E-state index in [4.69, 9.17) is 10.5 Å². The summed E-state index contributed by atoms with van der Waals surface area (Å²) in [6.45, 7) is 0.455. The van der Waals surface area contributed by atoms with Gasteiger partial charge in [-0.25, -0.2) is 0 Å². The van der Waals surface area contributed by atoms with Crippen molar-refractivity contribution < 1.29 is 8.95 Å². The third kappa shape index (κ3) is 3.56. The molecule has 13 heavy (non-hydrogen) atoms. The summed E-state index contributed by atoms with van der Waals surface area (Å²) in [4.78, 5) is 0. The van der Waals surface area contributed by atoms with Crippen molar-refractivity contribution in [1.82, 2.24) is 0 Å². The summed E-state index contributed by atoms with van der Waals surface area (Å²) in [5.41, 5.74) is 5.68. The smallest absolute Gasteiger partial charge is 0.0911 e. The first kappa shape index (κ1) is 10.8. The summed E-state index contributed by atoms with van der Waals surface area (Å²) in [5.74, 6) is 0.467. The lowest BCUT2D eigenvalue weighted by Crippen LogP contribution is -2.31. The zero-order valence-corrected chi connectivity index (χ0v) is 9.07. The third-order valence-electron chi connectivity index (χ3n) is 1.47. The van der Waals surface area contributed by atoms with Crippen molar-refractivity contribution in [2.24, 2.45) is 5.73 Å². The maximum atomic E-state index is 11.6. The Kier molecular flexibility index (Phi) is 4.58. The van der Waals surface area contributed by atoms with Crippen LogP contribution in [0.1, 0.15) is 0 Å². The predicted molar refractivity (Wildman–Crippen MR) is 55.4 cm³/mol. The number of hydrogen-bond donors (Lipinski definition) is 1. The van der Waals surface area contributed by atoms with Crippen LogP contribution < -0.4 is 5.73 Å². The Hall–Kier alpha value is -0.230. The highest BCUT2D eigenvalue weighted by atomic mass is 32.2. The first-order valence-corrected chi connectivity index (χ1v) is 6.10. The lowest BCUT2D eigenvalue weighted by atomic mass is 10.4. The zero-order chi connectivity index (χ0) is 9.68. The number of ether oxygens (including phenoxy) is 1. The van der Waals surface area contributed by atoms with E-state index in [1.807, 2.05) is 17.5 Å². The van der Waals surface area contributed by atoms with Gasteiger partial charge >= 0.3 is 0 Å². The SMILES string of the molecule is COCC(N)CS(=O)c1cccs1. The van der Waals surface area contributed by atoms with Crippen molar-refractivity contribution in [3.05, 3.63) is 17.5 Å². The van der Waals surface area contributed by atoms with Crippen LogP contribution in [0.15, 0.2) is 21.7 Å². The average Bonchev–Trinajstić information content (AvgIpc) is 2.55. The fraction of sp³-hybridized carbons (Fsp3) is 0.500. The van der Waals surface area contributed by atoms with Crippen LogP contribution >= 0.6 is 11.3 Å². The standard InChI is InChI=1S/C8H13NO2S2/c1-11-5-7(9)6-13(10)8-3-2-4-12-8/h2-4,7H,5-6,9H2,1H3. The van der Waals surface area contributed by atoms with Crippen LogP contribution in [0.5, 0.6) is 0 Å². The van der Waals surface area contributed by atoms with Crippen molar-refractivity contribution in [2.45, 2.75) is 10.3 Å². The van der Waals surface area contributed by atoms with Gasteiger partial charge in [-0.2, -0.15) is 0 Å². The fourth-order valence-corrected chi connectivity index (χ4v) is 3.06. The minimum absolute atomic E-state index is 0.145. The Morgan fingerprint density at radius 2 is 2.54 bits per heavy atom. The van der Waals surface area contributed by atoms with Gasteiger partial charge in [-0.05, 0) is 11.4 Å². The van der Waals surface area contributed by atoms with Crippen LogP contribution in [-0.2, 0) is 15.5 Å². The van der Waals surface area contributed by atoms with E-state index in [9.17, 15) is 4.21 Å². The Balaban J connectivity index is 2.42. The van der Waals surface area contributed by atoms with E-state index < -0.39 is 10.8 Å². The van der Waals surface area contributed by atoms with Gasteiger partial charge in [0.2, 0.25) is 0 Å². The number of methoxy groups -OCH3 is 1. The van der Waals surface area contributed by atoms with Gasteiger partial charge in [-0.15, -0.1) is 11.3 Å². The van der Waals surface area contributed by atoms with Gasteiger partial charge in [0, 0.05) is 18.9 Å². The second-order valence-corrected chi connectivity index (χ2v) is 5.33. The lowest BCUT2D eigenvalue weighted by molar-refractivity contribution is 0.186. The highest BCUT2D eigenvalue weighted by molar-refractivity contribution is 7.87. The van der Waals surface area contributed by atoms with E-state index in [-0.39, 0.29) is 6.04 Å². The molecule has 2 atom stereocenters. The summed E-state index contributed by atoms with van der Waals surface area (Å²) in [6, 6.07) is 3.60. The van der Waals surface area contributed by atoms with Gasteiger partial charge in [-0.3, -0.25) is 4.21 Å². The van der Waals surface area contributed by atoms with Gasteiger partial charge < -0.3 is 10.5 Å². The Morgan fingerprint density at radius 1 is 1.77 bits per heavy atom. The van der Waals surface area contributed by atoms with E-state index in [2.05, 4.69) is 0 Å². The summed E-state index contributed by atoms with van der Waals surface area (Å²) in [5, 5.41) is 1.91. The molecule has 1 heterocycles. The Morgan fingerprint density at radius 3 is 3.08 bits per heavy atom. The molecule has 2 N–H and O–H groups in total. The first-order chi connectivity index (χ1) is 6.24. The van der Waals surface area contributed by atoms with Gasteiger partial charge in [0.1, 0.15) is 0 Å². The van der Waals surface area contributed by atoms with E-state index in [1.54, 1.807) is 7.11 Å². The number of hydrogen-bond acceptors (Lipinski definition) is 4. The largest absolute Gasteiger partial charge is 0.383 e. The molecule has 0 aliphatic heterocycles. The molecular formula is C8H13NO2S2. The summed E-state index contributed by atoms with van der Waals surface area (Å²) in [7, 11) is 0.621. The van der Waals surface area contributed by atoms with E-state index in [1.165, 1.54) is 11.3 Å². The fourth-order valence-electron chi connectivity index (χ4n) is 0.932. The minimum atomic E-state index is -0.970. The lowest BCUT2D eigenvalue weighted by Gasteiger charge is -2.08. The van der Waals surface area contributed by atoms with E-state index >= 15 is 0 Å². The van der Waals surface area contributed by atoms with Crippen LogP contribution in [-0.4, -0.2) is 29.7 Å². The number of rotatable bonds is 5. The Bertz CT molecular complexity index is 261. The molecule has 0 aliphatic rings. The van der Waals surface area contributed by atoms with Crippen molar-refractivity contribution in [2.75, 3.05) is 19.5 Å². The van der Waals surface area contributed by atoms with Gasteiger partial charge in [0.05, 0.1) is 21.6 Å². The molecule has 0 bridgehead atoms. The molecule has 0 aromatic carbocycles. The van der Waals surface area contributed by atoms with Gasteiger partial charge in [0.15, 0.2) is 0 Å². The molecule has 5 heteroatoms. The van der Waals surface area contributed by atoms with Crippen molar-refractivity contribution in [1.29, 1.82) is 0 Å². The number of thiophene rings is 1. The highest BCUT2D eigenvalue weighted by Gasteiger charge is 2.10. The molecule has 0 aliphatic carbocycles. The number of nitrogens with two attached hydrogens (primary N) is 1. The van der Waals surface area contributed by atoms with Crippen LogP contribution in [0.25, 0.3) is 0 Å². The van der Waals surface area contributed by atoms with Crippen LogP contribution in [0.3, 0.4) is 0 Å². The zero-order valence-electron chi connectivity index (χ0n) is 7.43. The maximum Gasteiger partial charge on any atom is 0.0911 e. The van der Waals surface area contributed by atoms with Crippen molar-refractivity contribution in [3.63, 3.8) is 0 Å². The van der Waals surface area contributed by atoms with Crippen LogP contribution in [0, 0.1) is 0 Å². The maximum absolute atomic E-state index is 11.6. The highest BCUT2D eigenvalue weighted by Crippen LogP contribution is 2.14. The second-order valence-electron chi connectivity index (χ2n) is 2.66. The molecule has 3 nitrogen and oxygen atoms in total. The molecule has 0 amide bonds. The van der Waals surface area contributed by atoms with E-state index in [0.29, 0.717) is 12.4 Å². The molecule has 1 aromatic heterocycles. The molecule has 0 radical (unpaired) electrons. The average molecular weight is 219 g/mol. The van der Waals surface area contributed by atoms with Gasteiger partial charge in [-0.1, -0.05) is 6.07 Å².